The van der Waals surface area contributed by atoms with Gasteiger partial charge >= 0.3 is 0 Å². The Labute approximate surface area is 139 Å². The SMILES string of the molecule is CCc1cccc(C)c1N(CC(=O)N1CCCCCC1)C(C)=O. The van der Waals surface area contributed by atoms with Crippen molar-refractivity contribution in [2.45, 2.75) is 52.9 Å². The van der Waals surface area contributed by atoms with E-state index in [0.717, 1.165) is 49.2 Å². The molecule has 0 spiro atoms. The number of carbonyl (C=O) groups excluding carboxylic acids is 2. The van der Waals surface area contributed by atoms with Gasteiger partial charge in [0.25, 0.3) is 0 Å². The Kier molecular flexibility index (Phi) is 6.20. The Bertz CT molecular complexity index is 560. The van der Waals surface area contributed by atoms with Gasteiger partial charge in [0.05, 0.1) is 5.69 Å². The number of carbonyl (C=O) groups is 2. The summed E-state index contributed by atoms with van der Waals surface area (Å²) in [6.45, 7) is 7.40. The van der Waals surface area contributed by atoms with Gasteiger partial charge in [-0.1, -0.05) is 38.0 Å². The first-order chi connectivity index (χ1) is 11.0. The molecule has 0 aliphatic carbocycles. The lowest BCUT2D eigenvalue weighted by Gasteiger charge is -2.28. The van der Waals surface area contributed by atoms with E-state index in [0.29, 0.717) is 0 Å². The lowest BCUT2D eigenvalue weighted by Crippen LogP contribution is -2.43. The molecule has 1 saturated heterocycles. The van der Waals surface area contributed by atoms with Crippen molar-refractivity contribution in [1.29, 1.82) is 0 Å². The summed E-state index contributed by atoms with van der Waals surface area (Å²) < 4.78 is 0. The van der Waals surface area contributed by atoms with Crippen molar-refractivity contribution in [3.05, 3.63) is 29.3 Å². The molecule has 0 N–H and O–H groups in total. The fourth-order valence-electron chi connectivity index (χ4n) is 3.29. The van der Waals surface area contributed by atoms with E-state index in [1.54, 1.807) is 11.8 Å². The predicted octanol–water partition coefficient (Wildman–Crippen LogP) is 3.31. The molecule has 0 aromatic heterocycles. The van der Waals surface area contributed by atoms with Gasteiger partial charge in [-0.3, -0.25) is 9.59 Å². The van der Waals surface area contributed by atoms with Crippen LogP contribution >= 0.6 is 0 Å². The van der Waals surface area contributed by atoms with Gasteiger partial charge < -0.3 is 9.80 Å². The van der Waals surface area contributed by atoms with E-state index in [-0.39, 0.29) is 18.4 Å². The summed E-state index contributed by atoms with van der Waals surface area (Å²) in [6.07, 6.45) is 5.36. The molecule has 4 heteroatoms. The molecule has 1 fully saturated rings. The van der Waals surface area contributed by atoms with Crippen molar-refractivity contribution < 1.29 is 9.59 Å². The van der Waals surface area contributed by atoms with Gasteiger partial charge in [0.15, 0.2) is 0 Å². The average molecular weight is 316 g/mol. The van der Waals surface area contributed by atoms with Gasteiger partial charge in [0, 0.05) is 20.0 Å². The number of anilines is 1. The standard InChI is InChI=1S/C19H28N2O2/c1-4-17-11-9-10-15(2)19(17)21(16(3)22)14-18(23)20-12-7-5-6-8-13-20/h9-11H,4-8,12-14H2,1-3H3. The fourth-order valence-corrected chi connectivity index (χ4v) is 3.29. The smallest absolute Gasteiger partial charge is 0.242 e. The van der Waals surface area contributed by atoms with Crippen molar-refractivity contribution >= 4 is 17.5 Å². The number of aryl methyl sites for hydroxylation is 2. The minimum atomic E-state index is -0.0721. The summed E-state index contributed by atoms with van der Waals surface area (Å²) in [4.78, 5) is 28.5. The Hall–Kier alpha value is -1.84. The largest absolute Gasteiger partial charge is 0.341 e. The van der Waals surface area contributed by atoms with Crippen LogP contribution in [0, 0.1) is 6.92 Å². The highest BCUT2D eigenvalue weighted by molar-refractivity contribution is 5.98. The molecular formula is C19H28N2O2. The molecule has 1 aliphatic rings. The molecule has 2 amide bonds. The number of para-hydroxylation sites is 1. The van der Waals surface area contributed by atoms with E-state index in [1.807, 2.05) is 30.0 Å². The highest BCUT2D eigenvalue weighted by Crippen LogP contribution is 2.26. The highest BCUT2D eigenvalue weighted by atomic mass is 16.2. The van der Waals surface area contributed by atoms with E-state index in [9.17, 15) is 9.59 Å². The zero-order chi connectivity index (χ0) is 16.8. The Morgan fingerprint density at radius 3 is 2.35 bits per heavy atom. The third-order valence-corrected chi connectivity index (χ3v) is 4.60. The van der Waals surface area contributed by atoms with Gasteiger partial charge in [0.2, 0.25) is 11.8 Å². The minimum Gasteiger partial charge on any atom is -0.341 e. The topological polar surface area (TPSA) is 40.6 Å². The van der Waals surface area contributed by atoms with Crippen molar-refractivity contribution in [3.63, 3.8) is 0 Å². The summed E-state index contributed by atoms with van der Waals surface area (Å²) in [6, 6.07) is 6.04. The Morgan fingerprint density at radius 2 is 1.78 bits per heavy atom. The van der Waals surface area contributed by atoms with E-state index in [2.05, 4.69) is 6.92 Å². The average Bonchev–Trinajstić information content (AvgIpc) is 2.81. The van der Waals surface area contributed by atoms with Crippen LogP contribution in [0.25, 0.3) is 0 Å². The molecule has 126 valence electrons. The first-order valence-electron chi connectivity index (χ1n) is 8.69. The van der Waals surface area contributed by atoms with Crippen LogP contribution < -0.4 is 4.90 Å². The van der Waals surface area contributed by atoms with Gasteiger partial charge in [-0.05, 0) is 37.3 Å². The van der Waals surface area contributed by atoms with Crippen LogP contribution in [0.4, 0.5) is 5.69 Å². The fraction of sp³-hybridized carbons (Fsp3) is 0.579. The van der Waals surface area contributed by atoms with Crippen LogP contribution in [-0.2, 0) is 16.0 Å². The molecule has 1 aliphatic heterocycles. The number of rotatable bonds is 4. The molecule has 1 aromatic rings. The minimum absolute atomic E-state index is 0.0624. The molecular weight excluding hydrogens is 288 g/mol. The molecule has 4 nitrogen and oxygen atoms in total. The van der Waals surface area contributed by atoms with Crippen LogP contribution in [0.15, 0.2) is 18.2 Å². The summed E-state index contributed by atoms with van der Waals surface area (Å²) in [5.74, 6) is -0.00965. The number of likely N-dealkylation sites (tertiary alicyclic amines) is 1. The number of amides is 2. The van der Waals surface area contributed by atoms with Crippen molar-refractivity contribution in [3.8, 4) is 0 Å². The van der Waals surface area contributed by atoms with Crippen LogP contribution in [0.3, 0.4) is 0 Å². The Morgan fingerprint density at radius 1 is 1.13 bits per heavy atom. The molecule has 2 rings (SSSR count). The molecule has 0 bridgehead atoms. The predicted molar refractivity (Wildman–Crippen MR) is 93.6 cm³/mol. The quantitative estimate of drug-likeness (QED) is 0.855. The maximum Gasteiger partial charge on any atom is 0.242 e. The number of hydrogen-bond acceptors (Lipinski definition) is 2. The lowest BCUT2D eigenvalue weighted by atomic mass is 10.0. The number of nitrogens with zero attached hydrogens (tertiary/aromatic N) is 2. The first kappa shape index (κ1) is 17.5. The third kappa shape index (κ3) is 4.34. The van der Waals surface area contributed by atoms with E-state index >= 15 is 0 Å². The van der Waals surface area contributed by atoms with Gasteiger partial charge in [-0.25, -0.2) is 0 Å². The summed E-state index contributed by atoms with van der Waals surface area (Å²) >= 11 is 0. The molecule has 23 heavy (non-hydrogen) atoms. The third-order valence-electron chi connectivity index (χ3n) is 4.60. The molecule has 0 unspecified atom stereocenters. The lowest BCUT2D eigenvalue weighted by molar-refractivity contribution is -0.131. The zero-order valence-corrected chi connectivity index (χ0v) is 14.6. The van der Waals surface area contributed by atoms with E-state index in [1.165, 1.54) is 12.8 Å². The molecule has 1 heterocycles. The molecule has 1 aromatic carbocycles. The monoisotopic (exact) mass is 316 g/mol. The Balaban J connectivity index is 2.22. The first-order valence-corrected chi connectivity index (χ1v) is 8.69. The van der Waals surface area contributed by atoms with Crippen molar-refractivity contribution in [1.82, 2.24) is 4.90 Å². The molecule has 0 saturated carbocycles. The van der Waals surface area contributed by atoms with E-state index < -0.39 is 0 Å². The van der Waals surface area contributed by atoms with Crippen LogP contribution in [0.1, 0.15) is 50.7 Å². The number of hydrogen-bond donors (Lipinski definition) is 0. The molecule has 0 radical (unpaired) electrons. The van der Waals surface area contributed by atoms with Crippen LogP contribution in [0.5, 0.6) is 0 Å². The second-order valence-electron chi connectivity index (χ2n) is 6.34. The summed E-state index contributed by atoms with van der Waals surface area (Å²) in [5.41, 5.74) is 3.07. The summed E-state index contributed by atoms with van der Waals surface area (Å²) in [7, 11) is 0. The zero-order valence-electron chi connectivity index (χ0n) is 14.6. The number of benzene rings is 1. The van der Waals surface area contributed by atoms with Crippen LogP contribution in [-0.4, -0.2) is 36.3 Å². The van der Waals surface area contributed by atoms with Gasteiger partial charge in [-0.15, -0.1) is 0 Å². The van der Waals surface area contributed by atoms with Crippen LogP contribution in [0.2, 0.25) is 0 Å². The maximum absolute atomic E-state index is 12.7. The van der Waals surface area contributed by atoms with Crippen molar-refractivity contribution in [2.75, 3.05) is 24.5 Å². The molecule has 0 atom stereocenters. The summed E-state index contributed by atoms with van der Waals surface area (Å²) in [5, 5.41) is 0. The maximum atomic E-state index is 12.7. The normalized spacial score (nSPS) is 15.2. The van der Waals surface area contributed by atoms with Crippen molar-refractivity contribution in [2.24, 2.45) is 0 Å². The second-order valence-corrected chi connectivity index (χ2v) is 6.34. The second kappa shape index (κ2) is 8.14. The highest BCUT2D eigenvalue weighted by Gasteiger charge is 2.23. The van der Waals surface area contributed by atoms with Gasteiger partial charge in [0.1, 0.15) is 6.54 Å². The van der Waals surface area contributed by atoms with E-state index in [4.69, 9.17) is 0 Å². The van der Waals surface area contributed by atoms with Gasteiger partial charge in [-0.2, -0.15) is 0 Å².